The summed E-state index contributed by atoms with van der Waals surface area (Å²) in [6.07, 6.45) is 4.56. The normalized spacial score (nSPS) is 10.9. The molecule has 178 valence electrons. The Morgan fingerprint density at radius 1 is 1.09 bits per heavy atom. The van der Waals surface area contributed by atoms with Gasteiger partial charge >= 0.3 is 115 Å². The Labute approximate surface area is 204 Å². The Bertz CT molecular complexity index is 1520. The maximum absolute atomic E-state index is 10.9. The second-order valence-electron chi connectivity index (χ2n) is 8.42. The zero-order valence-electron chi connectivity index (χ0n) is 19.5. The molecule has 0 amide bonds. The Morgan fingerprint density at radius 2 is 1.94 bits per heavy atom. The van der Waals surface area contributed by atoms with Gasteiger partial charge in [0.1, 0.15) is 5.52 Å². The van der Waals surface area contributed by atoms with Crippen molar-refractivity contribution in [2.24, 2.45) is 0 Å². The number of pyridine rings is 2. The van der Waals surface area contributed by atoms with Gasteiger partial charge in [0.2, 0.25) is 0 Å². The van der Waals surface area contributed by atoms with Crippen molar-refractivity contribution in [2.45, 2.75) is 39.0 Å². The van der Waals surface area contributed by atoms with Gasteiger partial charge in [-0.15, -0.1) is 0 Å². The molecular formula is C27H26N3O4P. The second-order valence-corrected chi connectivity index (χ2v) is 8.92. The average Bonchev–Trinajstić information content (AvgIpc) is 2.84. The fourth-order valence-corrected chi connectivity index (χ4v) is 4.30. The van der Waals surface area contributed by atoms with Crippen LogP contribution in [0.5, 0.6) is 5.75 Å². The minimum absolute atomic E-state index is 0.0746. The first-order valence-corrected chi connectivity index (χ1v) is 12.2. The number of aryl methyl sites for hydroxylation is 4. The zero-order chi connectivity index (χ0) is 24.8. The topological polar surface area (TPSA) is 115 Å². The molecule has 4 rings (SSSR count). The van der Waals surface area contributed by atoms with Gasteiger partial charge in [0.05, 0.1) is 5.52 Å². The van der Waals surface area contributed by atoms with Gasteiger partial charge in [-0.2, -0.15) is 0 Å². The summed E-state index contributed by atoms with van der Waals surface area (Å²) < 4.78 is 16.1. The first kappa shape index (κ1) is 24.5. The molecule has 4 aromatic rings. The van der Waals surface area contributed by atoms with Gasteiger partial charge < -0.3 is 10.8 Å². The molecule has 2 aromatic heterocycles. The number of hydrogen-bond acceptors (Lipinski definition) is 6. The van der Waals surface area contributed by atoms with E-state index in [1.165, 1.54) is 5.56 Å². The first-order valence-electron chi connectivity index (χ1n) is 11.4. The summed E-state index contributed by atoms with van der Waals surface area (Å²) in [6, 6.07) is 14.0. The van der Waals surface area contributed by atoms with E-state index in [0.717, 1.165) is 51.6 Å². The van der Waals surface area contributed by atoms with Gasteiger partial charge in [0.15, 0.2) is 5.82 Å². The number of fused-ring (bicyclic) bond motifs is 3. The van der Waals surface area contributed by atoms with Crippen molar-refractivity contribution in [1.82, 2.24) is 9.97 Å². The fraction of sp³-hybridized carbons (Fsp3) is 0.259. The van der Waals surface area contributed by atoms with Gasteiger partial charge in [-0.3, -0.25) is 9.78 Å². The molecule has 0 saturated heterocycles. The van der Waals surface area contributed by atoms with Gasteiger partial charge in [-0.05, 0) is 18.1 Å². The molecule has 0 spiro atoms. The van der Waals surface area contributed by atoms with Crippen LogP contribution in [0.2, 0.25) is 0 Å². The van der Waals surface area contributed by atoms with E-state index in [1.807, 2.05) is 36.5 Å². The molecule has 0 bridgehead atoms. The predicted molar refractivity (Wildman–Crippen MR) is 138 cm³/mol. The monoisotopic (exact) mass is 487 g/mol. The van der Waals surface area contributed by atoms with Crippen LogP contribution in [-0.2, 0) is 28.6 Å². The van der Waals surface area contributed by atoms with Crippen LogP contribution >= 0.6 is 7.92 Å². The summed E-state index contributed by atoms with van der Waals surface area (Å²) in [5, 5.41) is 10.9. The average molecular weight is 487 g/mol. The molecule has 2 heterocycles. The van der Waals surface area contributed by atoms with Crippen LogP contribution in [-0.4, -0.2) is 27.7 Å². The Kier molecular flexibility index (Phi) is 7.81. The number of aliphatic carboxylic acids is 1. The van der Waals surface area contributed by atoms with E-state index in [-0.39, 0.29) is 14.3 Å². The molecule has 0 radical (unpaired) electrons. The molecule has 7 nitrogen and oxygen atoms in total. The number of nitrogen functional groups attached to an aromatic ring is 1. The van der Waals surface area contributed by atoms with Crippen LogP contribution in [0.3, 0.4) is 0 Å². The fourth-order valence-electron chi connectivity index (χ4n) is 4.12. The summed E-state index contributed by atoms with van der Waals surface area (Å²) in [5.41, 5.74) is 14.7. The number of benzene rings is 2. The summed E-state index contributed by atoms with van der Waals surface area (Å²) in [6.45, 7) is 2.51. The van der Waals surface area contributed by atoms with Crippen LogP contribution in [0.25, 0.3) is 21.8 Å². The van der Waals surface area contributed by atoms with Crippen molar-refractivity contribution < 1.29 is 19.2 Å². The SMILES string of the molecule is Cc1cc(OCCC#P=O)ccc1CCc1cnc2c(N)nc3cc(CCC(=O)O)ccc3c2c1. The molecule has 0 unspecified atom stereocenters. The molecule has 35 heavy (non-hydrogen) atoms. The number of rotatable bonds is 9. The van der Waals surface area contributed by atoms with Crippen molar-refractivity contribution >= 4 is 41.5 Å². The standard InChI is InChI=1S/C27H26N3O4P/c1-17-13-21(34-11-2-12-35-33)8-7-20(17)6-3-19-14-23-22-9-4-18(5-10-25(31)32)15-24(22)30-27(28)26(23)29-16-19/h4,7-9,13-16H,2-3,5-6,10-11H2,1H3,(H2,28,30)(H,31,32). The number of carboxylic acids is 1. The third-order valence-electron chi connectivity index (χ3n) is 5.95. The van der Waals surface area contributed by atoms with Crippen molar-refractivity contribution in [3.63, 3.8) is 0 Å². The first-order chi connectivity index (χ1) is 16.9. The number of hydrogen-bond donors (Lipinski definition) is 2. The van der Waals surface area contributed by atoms with Gasteiger partial charge in [0.25, 0.3) is 0 Å². The number of ether oxygens (including phenoxy) is 1. The molecular weight excluding hydrogens is 461 g/mol. The smallest absolute Gasteiger partial charge is 0.481 e. The minimum Gasteiger partial charge on any atom is -0.481 e. The van der Waals surface area contributed by atoms with E-state index in [1.54, 1.807) is 0 Å². The predicted octanol–water partition coefficient (Wildman–Crippen LogP) is 5.50. The van der Waals surface area contributed by atoms with Crippen LogP contribution < -0.4 is 10.5 Å². The molecule has 8 heteroatoms. The minimum atomic E-state index is -0.824. The number of nitrogens with two attached hydrogens (primary N) is 1. The second kappa shape index (κ2) is 11.2. The van der Waals surface area contributed by atoms with E-state index < -0.39 is 5.97 Å². The van der Waals surface area contributed by atoms with Crippen LogP contribution in [0.1, 0.15) is 35.1 Å². The summed E-state index contributed by atoms with van der Waals surface area (Å²) in [4.78, 5) is 20.0. The number of carbonyl (C=O) groups is 1. The summed E-state index contributed by atoms with van der Waals surface area (Å²) in [5.74, 6) is 0.334. The van der Waals surface area contributed by atoms with Crippen molar-refractivity contribution in [2.75, 3.05) is 12.3 Å². The zero-order valence-corrected chi connectivity index (χ0v) is 20.3. The molecule has 2 aromatic carbocycles. The van der Waals surface area contributed by atoms with E-state index in [2.05, 4.69) is 34.7 Å². The van der Waals surface area contributed by atoms with Crippen LogP contribution in [0, 0.1) is 12.6 Å². The molecule has 0 fully saturated rings. The molecule has 0 atom stereocenters. The van der Waals surface area contributed by atoms with Crippen LogP contribution in [0.15, 0.2) is 48.7 Å². The Hall–Kier alpha value is -3.66. The number of aromatic nitrogens is 2. The number of anilines is 1. The number of carboxylic acid groups (broad SMARTS) is 1. The third kappa shape index (κ3) is 6.07. The van der Waals surface area contributed by atoms with Gasteiger partial charge in [-0.25, -0.2) is 4.98 Å². The third-order valence-corrected chi connectivity index (χ3v) is 6.30. The molecule has 0 aliphatic heterocycles. The molecule has 0 aliphatic carbocycles. The maximum atomic E-state index is 10.9. The van der Waals surface area contributed by atoms with Crippen molar-refractivity contribution in [3.8, 4) is 11.4 Å². The molecule has 0 aliphatic rings. The van der Waals surface area contributed by atoms with Crippen molar-refractivity contribution in [3.05, 3.63) is 70.9 Å². The van der Waals surface area contributed by atoms with E-state index in [9.17, 15) is 9.36 Å². The number of nitrogens with zero attached hydrogens (tertiary/aromatic N) is 2. The van der Waals surface area contributed by atoms with E-state index in [0.29, 0.717) is 30.8 Å². The Balaban J connectivity index is 1.53. The van der Waals surface area contributed by atoms with Crippen molar-refractivity contribution in [1.29, 1.82) is 0 Å². The molecule has 0 saturated carbocycles. The van der Waals surface area contributed by atoms with Crippen LogP contribution in [0.4, 0.5) is 5.82 Å². The summed E-state index contributed by atoms with van der Waals surface area (Å²) in [7, 11) is -0.0929. The quantitative estimate of drug-likeness (QED) is 0.182. The van der Waals surface area contributed by atoms with E-state index >= 15 is 0 Å². The Morgan fingerprint density at radius 3 is 2.71 bits per heavy atom. The van der Waals surface area contributed by atoms with Gasteiger partial charge in [0, 0.05) is 17.2 Å². The summed E-state index contributed by atoms with van der Waals surface area (Å²) >= 11 is 0. The molecule has 3 N–H and O–H groups in total. The van der Waals surface area contributed by atoms with E-state index in [4.69, 9.17) is 15.6 Å². The van der Waals surface area contributed by atoms with Gasteiger partial charge in [-0.1, -0.05) is 12.1 Å².